The predicted molar refractivity (Wildman–Crippen MR) is 131 cm³/mol. The summed E-state index contributed by atoms with van der Waals surface area (Å²) in [5.74, 6) is 0.643. The lowest BCUT2D eigenvalue weighted by molar-refractivity contribution is -0.153. The van der Waals surface area contributed by atoms with Gasteiger partial charge in [0.25, 0.3) is 0 Å². The zero-order valence-corrected chi connectivity index (χ0v) is 20.0. The molecule has 0 spiro atoms. The summed E-state index contributed by atoms with van der Waals surface area (Å²) in [5, 5.41) is 13.6. The van der Waals surface area contributed by atoms with Gasteiger partial charge in [0.1, 0.15) is 11.9 Å². The van der Waals surface area contributed by atoms with Crippen molar-refractivity contribution in [2.24, 2.45) is 11.8 Å². The minimum absolute atomic E-state index is 0.144. The number of nitrogens with one attached hydrogen (secondary N) is 1. The average Bonchev–Trinajstić information content (AvgIpc) is 2.81. The van der Waals surface area contributed by atoms with Gasteiger partial charge in [0, 0.05) is 43.4 Å². The van der Waals surface area contributed by atoms with Crippen molar-refractivity contribution in [1.82, 2.24) is 14.8 Å². The number of anilines is 1. The molecule has 0 unspecified atom stereocenters. The van der Waals surface area contributed by atoms with E-state index >= 15 is 0 Å². The lowest BCUT2D eigenvalue weighted by atomic mass is 9.89. The molecule has 0 aliphatic carbocycles. The number of carbonyl (C=O) groups is 2. The first-order valence-electron chi connectivity index (χ1n) is 12.2. The minimum atomic E-state index is -0.939. The first-order valence-corrected chi connectivity index (χ1v) is 12.6. The van der Waals surface area contributed by atoms with Crippen LogP contribution in [0.1, 0.15) is 42.1 Å². The highest BCUT2D eigenvalue weighted by atomic mass is 35.5. The fraction of sp³-hybridized carbons (Fsp3) is 0.500. The van der Waals surface area contributed by atoms with Gasteiger partial charge in [-0.2, -0.15) is 0 Å². The van der Waals surface area contributed by atoms with Crippen molar-refractivity contribution in [1.29, 1.82) is 0 Å². The molecule has 2 N–H and O–H groups in total. The standard InChI is InChI=1S/C26H31ClN4O3/c27-22-6-2-1-5-21(22)23(26(33)34)31-15-19(16-31)25(32)30-12-9-17(10-13-30)14-20-8-7-18-4-3-11-28-24(18)29-20/h1-2,5-8,17,19,23H,3-4,9-16H2,(H,28,29)(H,33,34)/t23-/m1/s1. The van der Waals surface area contributed by atoms with E-state index in [0.29, 0.717) is 29.6 Å². The van der Waals surface area contributed by atoms with E-state index in [1.54, 1.807) is 24.3 Å². The van der Waals surface area contributed by atoms with E-state index < -0.39 is 12.0 Å². The van der Waals surface area contributed by atoms with Crippen molar-refractivity contribution in [2.75, 3.05) is 38.0 Å². The number of amides is 1. The number of halogens is 1. The zero-order chi connectivity index (χ0) is 23.7. The molecule has 2 saturated heterocycles. The number of aryl methyl sites for hydroxylation is 1. The van der Waals surface area contributed by atoms with Gasteiger partial charge in [0.2, 0.25) is 5.91 Å². The molecule has 0 saturated carbocycles. The van der Waals surface area contributed by atoms with Crippen LogP contribution >= 0.6 is 11.6 Å². The number of pyridine rings is 1. The second-order valence-corrected chi connectivity index (χ2v) is 10.1. The van der Waals surface area contributed by atoms with E-state index in [0.717, 1.165) is 63.3 Å². The Hall–Kier alpha value is -2.64. The normalized spacial score (nSPS) is 20.2. The lowest BCUT2D eigenvalue weighted by Crippen LogP contribution is -2.57. The molecule has 2 aromatic rings. The SMILES string of the molecule is O=C(O)[C@@H](c1ccccc1Cl)N1CC(C(=O)N2CCC(Cc3ccc4c(n3)NCCC4)CC2)C1. The number of carboxylic acids is 1. The molecule has 1 aromatic heterocycles. The molecule has 180 valence electrons. The summed E-state index contributed by atoms with van der Waals surface area (Å²) in [5.41, 5.74) is 3.02. The number of aromatic nitrogens is 1. The fourth-order valence-electron chi connectivity index (χ4n) is 5.46. The number of hydrogen-bond donors (Lipinski definition) is 2. The number of likely N-dealkylation sites (tertiary alicyclic amines) is 2. The highest BCUT2D eigenvalue weighted by Gasteiger charge is 2.42. The zero-order valence-electron chi connectivity index (χ0n) is 19.3. The van der Waals surface area contributed by atoms with Crippen LogP contribution < -0.4 is 5.32 Å². The Labute approximate surface area is 205 Å². The van der Waals surface area contributed by atoms with E-state index in [1.165, 1.54) is 5.56 Å². The summed E-state index contributed by atoms with van der Waals surface area (Å²) in [7, 11) is 0. The Morgan fingerprint density at radius 2 is 1.91 bits per heavy atom. The van der Waals surface area contributed by atoms with E-state index in [2.05, 4.69) is 17.4 Å². The van der Waals surface area contributed by atoms with Crippen molar-refractivity contribution >= 4 is 29.3 Å². The number of benzene rings is 1. The third-order valence-electron chi connectivity index (χ3n) is 7.43. The highest BCUT2D eigenvalue weighted by Crippen LogP contribution is 2.34. The predicted octanol–water partition coefficient (Wildman–Crippen LogP) is 3.63. The molecule has 1 aromatic carbocycles. The second kappa shape index (κ2) is 9.92. The topological polar surface area (TPSA) is 85.8 Å². The van der Waals surface area contributed by atoms with Gasteiger partial charge in [0.15, 0.2) is 0 Å². The van der Waals surface area contributed by atoms with Gasteiger partial charge in [-0.05, 0) is 61.3 Å². The maximum absolute atomic E-state index is 13.1. The van der Waals surface area contributed by atoms with Crippen LogP contribution in [-0.2, 0) is 22.4 Å². The average molecular weight is 483 g/mol. The number of hydrogen-bond acceptors (Lipinski definition) is 5. The quantitative estimate of drug-likeness (QED) is 0.654. The van der Waals surface area contributed by atoms with Crippen molar-refractivity contribution < 1.29 is 14.7 Å². The number of aliphatic carboxylic acids is 1. The van der Waals surface area contributed by atoms with Gasteiger partial charge in [-0.3, -0.25) is 14.5 Å². The summed E-state index contributed by atoms with van der Waals surface area (Å²) in [6, 6.07) is 10.6. The maximum atomic E-state index is 13.1. The number of nitrogens with zero attached hydrogens (tertiary/aromatic N) is 3. The summed E-state index contributed by atoms with van der Waals surface area (Å²) < 4.78 is 0. The molecule has 3 aliphatic heterocycles. The maximum Gasteiger partial charge on any atom is 0.325 e. The largest absolute Gasteiger partial charge is 0.480 e. The lowest BCUT2D eigenvalue weighted by Gasteiger charge is -2.44. The van der Waals surface area contributed by atoms with Crippen LogP contribution in [0.5, 0.6) is 0 Å². The van der Waals surface area contributed by atoms with Gasteiger partial charge < -0.3 is 15.3 Å². The number of piperidine rings is 1. The van der Waals surface area contributed by atoms with Crippen LogP contribution in [0.25, 0.3) is 0 Å². The smallest absolute Gasteiger partial charge is 0.325 e. The highest BCUT2D eigenvalue weighted by molar-refractivity contribution is 6.31. The number of fused-ring (bicyclic) bond motifs is 1. The van der Waals surface area contributed by atoms with E-state index in [1.807, 2.05) is 9.80 Å². The van der Waals surface area contributed by atoms with E-state index in [9.17, 15) is 14.7 Å². The Morgan fingerprint density at radius 1 is 1.15 bits per heavy atom. The summed E-state index contributed by atoms with van der Waals surface area (Å²) in [6.07, 6.45) is 5.17. The van der Waals surface area contributed by atoms with Gasteiger partial charge in [-0.15, -0.1) is 0 Å². The van der Waals surface area contributed by atoms with Crippen LogP contribution in [0, 0.1) is 11.8 Å². The fourth-order valence-corrected chi connectivity index (χ4v) is 5.70. The number of rotatable bonds is 6. The van der Waals surface area contributed by atoms with Crippen molar-refractivity contribution in [3.05, 3.63) is 58.2 Å². The Kier molecular flexibility index (Phi) is 6.75. The van der Waals surface area contributed by atoms with Gasteiger partial charge >= 0.3 is 5.97 Å². The Morgan fingerprint density at radius 3 is 2.65 bits per heavy atom. The monoisotopic (exact) mass is 482 g/mol. The molecule has 4 heterocycles. The molecule has 2 fully saturated rings. The molecular weight excluding hydrogens is 452 g/mol. The first-order chi connectivity index (χ1) is 16.5. The first kappa shape index (κ1) is 23.1. The molecule has 0 radical (unpaired) electrons. The van der Waals surface area contributed by atoms with E-state index in [4.69, 9.17) is 16.6 Å². The second-order valence-electron chi connectivity index (χ2n) is 9.73. The van der Waals surface area contributed by atoms with Crippen molar-refractivity contribution in [3.8, 4) is 0 Å². The summed E-state index contributed by atoms with van der Waals surface area (Å²) in [4.78, 5) is 33.6. The molecule has 34 heavy (non-hydrogen) atoms. The van der Waals surface area contributed by atoms with Gasteiger partial charge in [-0.25, -0.2) is 4.98 Å². The van der Waals surface area contributed by atoms with Crippen LogP contribution in [0.4, 0.5) is 5.82 Å². The third kappa shape index (κ3) is 4.77. The molecule has 0 bridgehead atoms. The summed E-state index contributed by atoms with van der Waals surface area (Å²) in [6.45, 7) is 3.42. The van der Waals surface area contributed by atoms with Crippen LogP contribution in [-0.4, -0.2) is 64.5 Å². The molecule has 5 rings (SSSR count). The molecule has 3 aliphatic rings. The molecule has 1 atom stereocenters. The van der Waals surface area contributed by atoms with E-state index in [-0.39, 0.29) is 11.8 Å². The van der Waals surface area contributed by atoms with Gasteiger partial charge in [-0.1, -0.05) is 35.9 Å². The Bertz CT molecular complexity index is 1060. The third-order valence-corrected chi connectivity index (χ3v) is 7.78. The van der Waals surface area contributed by atoms with Crippen LogP contribution in [0.2, 0.25) is 5.02 Å². The van der Waals surface area contributed by atoms with Crippen LogP contribution in [0.3, 0.4) is 0 Å². The summed E-state index contributed by atoms with van der Waals surface area (Å²) >= 11 is 6.24. The van der Waals surface area contributed by atoms with Crippen LogP contribution in [0.15, 0.2) is 36.4 Å². The Balaban J connectivity index is 1.12. The van der Waals surface area contributed by atoms with Gasteiger partial charge in [0.05, 0.1) is 5.92 Å². The molecule has 8 heteroatoms. The minimum Gasteiger partial charge on any atom is -0.480 e. The molecule has 7 nitrogen and oxygen atoms in total. The number of carboxylic acid groups (broad SMARTS) is 1. The van der Waals surface area contributed by atoms with Crippen molar-refractivity contribution in [3.63, 3.8) is 0 Å². The molecule has 1 amide bonds. The molecular formula is C26H31ClN4O3. The number of carbonyl (C=O) groups excluding carboxylic acids is 1. The van der Waals surface area contributed by atoms with Crippen molar-refractivity contribution in [2.45, 2.75) is 38.1 Å².